The lowest BCUT2D eigenvalue weighted by Gasteiger charge is -2.41. The second kappa shape index (κ2) is 45.9. The number of esters is 1. The van der Waals surface area contributed by atoms with Crippen LogP contribution in [0, 0.1) is 0 Å². The van der Waals surface area contributed by atoms with Crippen LogP contribution in [0.15, 0.2) is 60.8 Å². The van der Waals surface area contributed by atoms with Crippen molar-refractivity contribution < 1.29 is 56.2 Å². The van der Waals surface area contributed by atoms with Gasteiger partial charge < -0.3 is 34.3 Å². The number of rotatable bonds is 47. The Balaban J connectivity index is 2.35. The van der Waals surface area contributed by atoms with E-state index in [4.69, 9.17) is 18.9 Å². The maximum absolute atomic E-state index is 12.9. The Hall–Kier alpha value is -2.20. The number of ether oxygens (including phenoxy) is 4. The monoisotopic (exact) mass is 983 g/mol. The van der Waals surface area contributed by atoms with E-state index >= 15 is 0 Å². The first-order chi connectivity index (χ1) is 33.1. The fourth-order valence-electron chi connectivity index (χ4n) is 8.00. The lowest BCUT2D eigenvalue weighted by molar-refractivity contribution is -0.301. The van der Waals surface area contributed by atoms with Crippen LogP contribution in [0.1, 0.15) is 219 Å². The van der Waals surface area contributed by atoms with Gasteiger partial charge in [0.1, 0.15) is 30.5 Å². The molecule has 6 atom stereocenters. The summed E-state index contributed by atoms with van der Waals surface area (Å²) in [5.74, 6) is -0.412. The van der Waals surface area contributed by atoms with E-state index in [1.165, 1.54) is 116 Å². The van der Waals surface area contributed by atoms with Gasteiger partial charge in [-0.2, -0.15) is 8.42 Å². The van der Waals surface area contributed by atoms with Crippen molar-refractivity contribution in [3.05, 3.63) is 60.8 Å². The number of carbonyl (C=O) groups is 1. The first kappa shape index (κ1) is 63.8. The summed E-state index contributed by atoms with van der Waals surface area (Å²) in [5.41, 5.74) is 0. The van der Waals surface area contributed by atoms with Gasteiger partial charge in [0.2, 0.25) is 0 Å². The van der Waals surface area contributed by atoms with Gasteiger partial charge in [-0.15, -0.1) is 0 Å². The SMILES string of the molecule is CCCCC/C=C\C/C=C\C/C=C\CCCCCCCCC(=O)OC(COCCCCCCCCCCCC/C=C\C/C=C\CCCCCCC)COC1OC(CO)C(O)C(OS(=O)(=O)O)C1O. The van der Waals surface area contributed by atoms with Crippen LogP contribution in [-0.2, 0) is 38.3 Å². The topological polar surface area (TPSA) is 178 Å². The van der Waals surface area contributed by atoms with Gasteiger partial charge in [-0.25, -0.2) is 4.18 Å². The van der Waals surface area contributed by atoms with Gasteiger partial charge in [0.25, 0.3) is 0 Å². The van der Waals surface area contributed by atoms with Crippen LogP contribution in [0.2, 0.25) is 0 Å². The van der Waals surface area contributed by atoms with E-state index in [-0.39, 0.29) is 19.6 Å². The molecule has 1 heterocycles. The molecule has 0 spiro atoms. The average molecular weight is 983 g/mol. The van der Waals surface area contributed by atoms with E-state index in [2.05, 4.69) is 78.8 Å². The molecule has 0 aromatic carbocycles. The average Bonchev–Trinajstić information content (AvgIpc) is 3.31. The van der Waals surface area contributed by atoms with Crippen molar-refractivity contribution in [2.24, 2.45) is 0 Å². The van der Waals surface area contributed by atoms with Gasteiger partial charge >= 0.3 is 16.4 Å². The summed E-state index contributed by atoms with van der Waals surface area (Å²) < 4.78 is 59.3. The van der Waals surface area contributed by atoms with E-state index in [0.29, 0.717) is 13.0 Å². The molecule has 6 unspecified atom stereocenters. The van der Waals surface area contributed by atoms with Crippen LogP contribution in [0.25, 0.3) is 0 Å². The van der Waals surface area contributed by atoms with Crippen LogP contribution >= 0.6 is 0 Å². The molecule has 1 saturated heterocycles. The largest absolute Gasteiger partial charge is 0.457 e. The summed E-state index contributed by atoms with van der Waals surface area (Å²) in [4.78, 5) is 12.9. The fourth-order valence-corrected chi connectivity index (χ4v) is 8.51. The minimum atomic E-state index is -5.07. The molecule has 1 rings (SSSR count). The predicted octanol–water partition coefficient (Wildman–Crippen LogP) is 12.9. The quantitative estimate of drug-likeness (QED) is 0.0197. The first-order valence-corrected chi connectivity index (χ1v) is 28.4. The molecule has 0 amide bonds. The highest BCUT2D eigenvalue weighted by Crippen LogP contribution is 2.26. The van der Waals surface area contributed by atoms with Gasteiger partial charge in [-0.3, -0.25) is 9.35 Å². The minimum Gasteiger partial charge on any atom is -0.457 e. The maximum atomic E-state index is 12.9. The van der Waals surface area contributed by atoms with Gasteiger partial charge in [-0.1, -0.05) is 190 Å². The van der Waals surface area contributed by atoms with Crippen LogP contribution in [0.3, 0.4) is 0 Å². The second-order valence-electron chi connectivity index (χ2n) is 18.5. The molecule has 1 fully saturated rings. The molecule has 12 nitrogen and oxygen atoms in total. The number of carbonyl (C=O) groups excluding carboxylic acids is 1. The predicted molar refractivity (Wildman–Crippen MR) is 276 cm³/mol. The molecule has 0 aromatic heterocycles. The Morgan fingerprint density at radius 1 is 0.559 bits per heavy atom. The summed E-state index contributed by atoms with van der Waals surface area (Å²) in [7, 11) is -5.07. The molecule has 0 saturated carbocycles. The summed E-state index contributed by atoms with van der Waals surface area (Å²) >= 11 is 0. The summed E-state index contributed by atoms with van der Waals surface area (Å²) in [6.07, 6.45) is 49.6. The number of unbranched alkanes of at least 4 members (excludes halogenated alkanes) is 24. The Labute approximate surface area is 414 Å². The Morgan fingerprint density at radius 3 is 1.44 bits per heavy atom. The first-order valence-electron chi connectivity index (χ1n) is 27.0. The maximum Gasteiger partial charge on any atom is 0.397 e. The molecule has 396 valence electrons. The highest BCUT2D eigenvalue weighted by Gasteiger charge is 2.48. The van der Waals surface area contributed by atoms with E-state index in [1.54, 1.807) is 0 Å². The third kappa shape index (κ3) is 38.5. The Bertz CT molecular complexity index is 1410. The molecule has 1 aliphatic rings. The molecule has 0 radical (unpaired) electrons. The molecular weight excluding hydrogens is 885 g/mol. The molecule has 0 bridgehead atoms. The van der Waals surface area contributed by atoms with E-state index in [1.807, 2.05) is 0 Å². The van der Waals surface area contributed by atoms with Crippen molar-refractivity contribution in [2.45, 2.75) is 256 Å². The second-order valence-corrected chi connectivity index (χ2v) is 19.5. The molecular formula is C55H98O12S. The van der Waals surface area contributed by atoms with Crippen molar-refractivity contribution >= 4 is 16.4 Å². The van der Waals surface area contributed by atoms with Gasteiger partial charge in [0.15, 0.2) is 6.29 Å². The summed E-state index contributed by atoms with van der Waals surface area (Å²) in [6, 6.07) is 0. The van der Waals surface area contributed by atoms with Gasteiger partial charge in [-0.05, 0) is 83.5 Å². The molecule has 13 heteroatoms. The number of aliphatic hydroxyl groups is 3. The molecule has 68 heavy (non-hydrogen) atoms. The smallest absolute Gasteiger partial charge is 0.397 e. The van der Waals surface area contributed by atoms with Crippen molar-refractivity contribution in [2.75, 3.05) is 26.4 Å². The number of hydrogen-bond acceptors (Lipinski definition) is 11. The van der Waals surface area contributed by atoms with Crippen molar-refractivity contribution in [3.63, 3.8) is 0 Å². The highest BCUT2D eigenvalue weighted by molar-refractivity contribution is 7.80. The molecule has 0 aliphatic carbocycles. The molecule has 4 N–H and O–H groups in total. The van der Waals surface area contributed by atoms with E-state index < -0.39 is 59.8 Å². The highest BCUT2D eigenvalue weighted by atomic mass is 32.3. The van der Waals surface area contributed by atoms with Gasteiger partial charge in [0, 0.05) is 13.0 Å². The lowest BCUT2D eigenvalue weighted by atomic mass is 9.99. The number of aliphatic hydroxyl groups excluding tert-OH is 3. The van der Waals surface area contributed by atoms with Crippen molar-refractivity contribution in [1.29, 1.82) is 0 Å². The third-order valence-electron chi connectivity index (χ3n) is 12.1. The normalized spacial score (nSPS) is 19.8. The Kier molecular flexibility index (Phi) is 43.1. The van der Waals surface area contributed by atoms with Crippen LogP contribution < -0.4 is 0 Å². The van der Waals surface area contributed by atoms with Crippen LogP contribution in [0.4, 0.5) is 0 Å². The van der Waals surface area contributed by atoms with E-state index in [9.17, 15) is 33.1 Å². The zero-order valence-corrected chi connectivity index (χ0v) is 43.5. The van der Waals surface area contributed by atoms with Crippen LogP contribution in [0.5, 0.6) is 0 Å². The summed E-state index contributed by atoms with van der Waals surface area (Å²) in [5, 5.41) is 30.8. The van der Waals surface area contributed by atoms with Crippen molar-refractivity contribution in [3.8, 4) is 0 Å². The van der Waals surface area contributed by atoms with E-state index in [0.717, 1.165) is 77.0 Å². The van der Waals surface area contributed by atoms with Gasteiger partial charge in [0.05, 0.1) is 19.8 Å². The molecule has 1 aliphatic heterocycles. The zero-order valence-electron chi connectivity index (χ0n) is 42.7. The van der Waals surface area contributed by atoms with Crippen molar-refractivity contribution in [1.82, 2.24) is 0 Å². The number of allylic oxidation sites excluding steroid dienone is 10. The standard InChI is InChI=1S/C55H98O12S/c1-3-5-7-9-11-13-15-17-19-21-23-24-25-27-29-31-33-35-37-39-41-43-45-63-47-49(48-64-55-53(59)54(67-68(60,61)62)52(58)50(46-56)66-55)65-51(57)44-42-40-38-36-34-32-30-28-26-22-20-18-16-14-12-10-8-6-4-2/h12,14-15,17-18,20-21,23,26,28,49-50,52-56,58-59H,3-11,13,16,19,22,24-25,27,29-48H2,1-2H3,(H,60,61,62)/b14-12-,17-15-,20-18-,23-21-,28-26-. The third-order valence-corrected chi connectivity index (χ3v) is 12.6. The zero-order chi connectivity index (χ0) is 49.6. The minimum absolute atomic E-state index is 0.0267. The number of hydrogen-bond donors (Lipinski definition) is 4. The van der Waals surface area contributed by atoms with Crippen LogP contribution in [-0.4, -0.2) is 97.5 Å². The Morgan fingerprint density at radius 2 is 0.971 bits per heavy atom. The molecule has 0 aromatic rings. The lowest BCUT2D eigenvalue weighted by Crippen LogP contribution is -2.60. The fraction of sp³-hybridized carbons (Fsp3) is 0.800. The summed E-state index contributed by atoms with van der Waals surface area (Å²) in [6.45, 7) is 3.95.